The quantitative estimate of drug-likeness (QED) is 0.303. The van der Waals surface area contributed by atoms with Crippen molar-refractivity contribution >= 4 is 11.9 Å². The van der Waals surface area contributed by atoms with Gasteiger partial charge in [-0.2, -0.15) is 0 Å². The van der Waals surface area contributed by atoms with Crippen LogP contribution in [0.4, 0.5) is 0 Å². The summed E-state index contributed by atoms with van der Waals surface area (Å²) in [6, 6.07) is 9.60. The van der Waals surface area contributed by atoms with Crippen molar-refractivity contribution in [3.63, 3.8) is 0 Å². The molecule has 0 spiro atoms. The molecular formula is C23H36O4. The third kappa shape index (κ3) is 10.8. The minimum absolute atomic E-state index is 0.169. The molecular weight excluding hydrogens is 340 g/mol. The normalized spacial score (nSPS) is 11.2. The van der Waals surface area contributed by atoms with Crippen LogP contribution >= 0.6 is 0 Å². The van der Waals surface area contributed by atoms with E-state index in [4.69, 9.17) is 9.47 Å². The molecule has 4 heteroatoms. The van der Waals surface area contributed by atoms with Crippen molar-refractivity contribution < 1.29 is 19.1 Å². The predicted molar refractivity (Wildman–Crippen MR) is 108 cm³/mol. The van der Waals surface area contributed by atoms with Gasteiger partial charge in [0.25, 0.3) is 0 Å². The lowest BCUT2D eigenvalue weighted by molar-refractivity contribution is -0.158. The number of carbonyl (C=O) groups excluding carboxylic acids is 2. The fraction of sp³-hybridized carbons (Fsp3) is 0.652. The molecule has 0 radical (unpaired) electrons. The molecule has 4 nitrogen and oxygen atoms in total. The summed E-state index contributed by atoms with van der Waals surface area (Å²) in [6.07, 6.45) is 9.17. The van der Waals surface area contributed by atoms with Crippen LogP contribution in [0.25, 0.3) is 0 Å². The average Bonchev–Trinajstić information content (AvgIpc) is 2.66. The van der Waals surface area contributed by atoms with Crippen LogP contribution in [0.2, 0.25) is 0 Å². The molecule has 0 unspecified atom stereocenters. The van der Waals surface area contributed by atoms with E-state index in [9.17, 15) is 9.59 Å². The number of hydrogen-bond acceptors (Lipinski definition) is 4. The van der Waals surface area contributed by atoms with E-state index in [1.165, 1.54) is 32.1 Å². The van der Waals surface area contributed by atoms with E-state index >= 15 is 0 Å². The van der Waals surface area contributed by atoms with Gasteiger partial charge in [0.15, 0.2) is 0 Å². The first-order chi connectivity index (χ1) is 13.0. The van der Waals surface area contributed by atoms with Crippen LogP contribution in [0.15, 0.2) is 30.3 Å². The molecule has 0 heterocycles. The molecule has 0 saturated heterocycles. The Morgan fingerprint density at radius 2 is 1.52 bits per heavy atom. The molecule has 0 aliphatic heterocycles. The summed E-state index contributed by atoms with van der Waals surface area (Å²) >= 11 is 0. The van der Waals surface area contributed by atoms with Gasteiger partial charge in [0.2, 0.25) is 0 Å². The highest BCUT2D eigenvalue weighted by Gasteiger charge is 2.29. The first-order valence-corrected chi connectivity index (χ1v) is 10.3. The lowest BCUT2D eigenvalue weighted by atomic mass is 9.90. The maximum atomic E-state index is 12.3. The number of unbranched alkanes of at least 4 members (excludes halogenated alkanes) is 6. The summed E-state index contributed by atoms with van der Waals surface area (Å²) in [7, 11) is 0. The van der Waals surface area contributed by atoms with Crippen LogP contribution in [0.3, 0.4) is 0 Å². The molecule has 27 heavy (non-hydrogen) atoms. The Morgan fingerprint density at radius 1 is 0.889 bits per heavy atom. The van der Waals surface area contributed by atoms with E-state index in [2.05, 4.69) is 6.92 Å². The van der Waals surface area contributed by atoms with Crippen LogP contribution in [-0.4, -0.2) is 18.5 Å². The fourth-order valence-corrected chi connectivity index (χ4v) is 2.74. The lowest BCUT2D eigenvalue weighted by Gasteiger charge is -2.22. The van der Waals surface area contributed by atoms with Crippen molar-refractivity contribution in [2.45, 2.75) is 85.2 Å². The van der Waals surface area contributed by atoms with Gasteiger partial charge in [-0.25, -0.2) is 0 Å². The third-order valence-corrected chi connectivity index (χ3v) is 4.74. The van der Waals surface area contributed by atoms with Crippen molar-refractivity contribution in [2.24, 2.45) is 5.41 Å². The minimum Gasteiger partial charge on any atom is -0.466 e. The van der Waals surface area contributed by atoms with Crippen LogP contribution in [0.5, 0.6) is 0 Å². The molecule has 1 rings (SSSR count). The largest absolute Gasteiger partial charge is 0.466 e. The van der Waals surface area contributed by atoms with Crippen molar-refractivity contribution in [1.82, 2.24) is 0 Å². The average molecular weight is 377 g/mol. The highest BCUT2D eigenvalue weighted by molar-refractivity contribution is 5.76. The number of ether oxygens (including phenoxy) is 2. The van der Waals surface area contributed by atoms with Crippen LogP contribution < -0.4 is 0 Å². The van der Waals surface area contributed by atoms with Gasteiger partial charge in [-0.15, -0.1) is 0 Å². The van der Waals surface area contributed by atoms with Gasteiger partial charge < -0.3 is 9.47 Å². The maximum Gasteiger partial charge on any atom is 0.311 e. The highest BCUT2D eigenvalue weighted by Crippen LogP contribution is 2.23. The topological polar surface area (TPSA) is 52.6 Å². The van der Waals surface area contributed by atoms with E-state index in [1.807, 2.05) is 44.2 Å². The Hall–Kier alpha value is -1.84. The molecule has 0 aliphatic rings. The molecule has 0 bridgehead atoms. The van der Waals surface area contributed by atoms with E-state index in [-0.39, 0.29) is 25.2 Å². The van der Waals surface area contributed by atoms with Gasteiger partial charge in [0, 0.05) is 6.42 Å². The van der Waals surface area contributed by atoms with Crippen molar-refractivity contribution in [1.29, 1.82) is 0 Å². The molecule has 0 atom stereocenters. The Bertz CT molecular complexity index is 537. The molecule has 0 aromatic heterocycles. The number of esters is 2. The number of hydrogen-bond donors (Lipinski definition) is 0. The Labute approximate surface area is 164 Å². The van der Waals surface area contributed by atoms with Crippen molar-refractivity contribution in [3.05, 3.63) is 35.9 Å². The second kappa shape index (κ2) is 13.3. The monoisotopic (exact) mass is 376 g/mol. The first-order valence-electron chi connectivity index (χ1n) is 10.3. The Kier molecular flexibility index (Phi) is 11.5. The summed E-state index contributed by atoms with van der Waals surface area (Å²) in [5.74, 6) is -0.438. The van der Waals surface area contributed by atoms with Gasteiger partial charge in [-0.05, 0) is 32.3 Å². The standard InChI is InChI=1S/C23H36O4/c1-4-5-6-7-8-9-13-16-21(24)26-18-17-23(2,3)22(25)27-19-20-14-11-10-12-15-20/h10-12,14-15H,4-9,13,16-19H2,1-3H3. The summed E-state index contributed by atoms with van der Waals surface area (Å²) in [4.78, 5) is 24.1. The second-order valence-electron chi connectivity index (χ2n) is 7.79. The van der Waals surface area contributed by atoms with Gasteiger partial charge >= 0.3 is 11.9 Å². The molecule has 0 amide bonds. The summed E-state index contributed by atoms with van der Waals surface area (Å²) < 4.78 is 10.7. The molecule has 0 saturated carbocycles. The second-order valence-corrected chi connectivity index (χ2v) is 7.79. The summed E-state index contributed by atoms with van der Waals surface area (Å²) in [5, 5.41) is 0. The molecule has 1 aromatic carbocycles. The highest BCUT2D eigenvalue weighted by atomic mass is 16.5. The molecule has 0 fully saturated rings. The first kappa shape index (κ1) is 23.2. The smallest absolute Gasteiger partial charge is 0.311 e. The zero-order valence-corrected chi connectivity index (χ0v) is 17.3. The van der Waals surface area contributed by atoms with Crippen molar-refractivity contribution in [2.75, 3.05) is 6.61 Å². The van der Waals surface area contributed by atoms with Crippen LogP contribution in [-0.2, 0) is 25.7 Å². The van der Waals surface area contributed by atoms with Gasteiger partial charge in [0.1, 0.15) is 6.61 Å². The lowest BCUT2D eigenvalue weighted by Crippen LogP contribution is -2.28. The molecule has 1 aromatic rings. The number of carbonyl (C=O) groups is 2. The van der Waals surface area contributed by atoms with Crippen LogP contribution in [0.1, 0.15) is 84.1 Å². The molecule has 152 valence electrons. The zero-order valence-electron chi connectivity index (χ0n) is 17.3. The van der Waals surface area contributed by atoms with Gasteiger partial charge in [-0.3, -0.25) is 9.59 Å². The number of benzene rings is 1. The van der Waals surface area contributed by atoms with Gasteiger partial charge in [0.05, 0.1) is 12.0 Å². The predicted octanol–water partition coefficient (Wildman–Crippen LogP) is 5.83. The van der Waals surface area contributed by atoms with Crippen LogP contribution in [0, 0.1) is 5.41 Å². The van der Waals surface area contributed by atoms with E-state index in [0.717, 1.165) is 18.4 Å². The van der Waals surface area contributed by atoms with E-state index < -0.39 is 5.41 Å². The summed E-state index contributed by atoms with van der Waals surface area (Å²) in [6.45, 7) is 6.37. The SMILES string of the molecule is CCCCCCCCCC(=O)OCCC(C)(C)C(=O)OCc1ccccc1. The number of rotatable bonds is 14. The Balaban J connectivity index is 2.13. The van der Waals surface area contributed by atoms with Crippen molar-refractivity contribution in [3.8, 4) is 0 Å². The molecule has 0 N–H and O–H groups in total. The molecule has 0 aliphatic carbocycles. The third-order valence-electron chi connectivity index (χ3n) is 4.74. The zero-order chi connectivity index (χ0) is 20.0. The van der Waals surface area contributed by atoms with E-state index in [1.54, 1.807) is 0 Å². The fourth-order valence-electron chi connectivity index (χ4n) is 2.74. The Morgan fingerprint density at radius 3 is 2.19 bits per heavy atom. The van der Waals surface area contributed by atoms with E-state index in [0.29, 0.717) is 12.8 Å². The maximum absolute atomic E-state index is 12.3. The minimum atomic E-state index is -0.672. The van der Waals surface area contributed by atoms with Gasteiger partial charge in [-0.1, -0.05) is 75.8 Å². The summed E-state index contributed by atoms with van der Waals surface area (Å²) in [5.41, 5.74) is 0.289.